The number of hydrogen-bond acceptors (Lipinski definition) is 3. The van der Waals surface area contributed by atoms with Gasteiger partial charge in [0.2, 0.25) is 11.8 Å². The van der Waals surface area contributed by atoms with Gasteiger partial charge in [-0.15, -0.1) is 6.58 Å². The number of carbonyl (C=O) groups is 2. The van der Waals surface area contributed by atoms with E-state index < -0.39 is 0 Å². The molecular weight excluding hydrogens is 232 g/mol. The van der Waals surface area contributed by atoms with Gasteiger partial charge in [-0.3, -0.25) is 9.59 Å². The van der Waals surface area contributed by atoms with Crippen LogP contribution in [0, 0.1) is 0 Å². The smallest absolute Gasteiger partial charge is 0.222 e. The molecule has 0 rings (SSSR count). The zero-order valence-corrected chi connectivity index (χ0v) is 11.2. The quantitative estimate of drug-likeness (QED) is 0.446. The fourth-order valence-electron chi connectivity index (χ4n) is 1.59. The highest BCUT2D eigenvalue weighted by atomic mass is 16.3. The number of amides is 2. The average Bonchev–Trinajstić information content (AvgIpc) is 2.32. The minimum absolute atomic E-state index is 0.0221. The number of nitrogens with zero attached hydrogens (tertiary/aromatic N) is 1. The molecule has 0 aromatic carbocycles. The Hall–Kier alpha value is -1.36. The lowest BCUT2D eigenvalue weighted by molar-refractivity contribution is -0.131. The summed E-state index contributed by atoms with van der Waals surface area (Å²) >= 11 is 0. The molecule has 0 spiro atoms. The molecule has 2 N–H and O–H groups in total. The molecule has 0 aliphatic carbocycles. The van der Waals surface area contributed by atoms with E-state index in [1.807, 2.05) is 0 Å². The van der Waals surface area contributed by atoms with Crippen molar-refractivity contribution in [2.45, 2.75) is 32.6 Å². The van der Waals surface area contributed by atoms with Crippen molar-refractivity contribution < 1.29 is 14.7 Å². The molecule has 0 radical (unpaired) electrons. The summed E-state index contributed by atoms with van der Waals surface area (Å²) < 4.78 is 0. The van der Waals surface area contributed by atoms with E-state index in [9.17, 15) is 9.59 Å². The third-order valence-electron chi connectivity index (χ3n) is 2.51. The maximum atomic E-state index is 11.8. The zero-order valence-electron chi connectivity index (χ0n) is 11.2. The lowest BCUT2D eigenvalue weighted by atomic mass is 10.1. The molecule has 0 fully saturated rings. The maximum Gasteiger partial charge on any atom is 0.222 e. The van der Waals surface area contributed by atoms with E-state index in [-0.39, 0.29) is 18.4 Å². The van der Waals surface area contributed by atoms with Gasteiger partial charge in [0.15, 0.2) is 0 Å². The second-order valence-corrected chi connectivity index (χ2v) is 4.15. The van der Waals surface area contributed by atoms with Crippen LogP contribution in [0.5, 0.6) is 0 Å². The largest absolute Gasteiger partial charge is 0.395 e. The lowest BCUT2D eigenvalue weighted by Crippen LogP contribution is -2.33. The summed E-state index contributed by atoms with van der Waals surface area (Å²) in [4.78, 5) is 24.0. The van der Waals surface area contributed by atoms with E-state index in [0.29, 0.717) is 26.1 Å². The molecule has 0 saturated heterocycles. The van der Waals surface area contributed by atoms with Crippen LogP contribution in [0.15, 0.2) is 12.7 Å². The van der Waals surface area contributed by atoms with Gasteiger partial charge in [0.1, 0.15) is 0 Å². The van der Waals surface area contributed by atoms with Crippen LogP contribution in [0.25, 0.3) is 0 Å². The summed E-state index contributed by atoms with van der Waals surface area (Å²) in [6.07, 6.45) is 4.73. The van der Waals surface area contributed by atoms with Crippen LogP contribution in [-0.4, -0.2) is 48.1 Å². The SMILES string of the molecule is C=CCN(CCO)C(=O)CCCCCNC(C)=O. The van der Waals surface area contributed by atoms with Crippen molar-refractivity contribution in [1.29, 1.82) is 0 Å². The van der Waals surface area contributed by atoms with Crippen molar-refractivity contribution in [3.05, 3.63) is 12.7 Å². The molecule has 0 aliphatic rings. The van der Waals surface area contributed by atoms with Gasteiger partial charge in [-0.2, -0.15) is 0 Å². The molecule has 18 heavy (non-hydrogen) atoms. The van der Waals surface area contributed by atoms with E-state index in [1.54, 1.807) is 11.0 Å². The standard InChI is InChI=1S/C13H24N2O3/c1-3-9-15(10-11-16)13(18)7-5-4-6-8-14-12(2)17/h3,16H,1,4-11H2,2H3,(H,14,17). The molecule has 5 nitrogen and oxygen atoms in total. The van der Waals surface area contributed by atoms with E-state index in [2.05, 4.69) is 11.9 Å². The first-order valence-electron chi connectivity index (χ1n) is 6.35. The molecule has 0 atom stereocenters. The summed E-state index contributed by atoms with van der Waals surface area (Å²) in [5.74, 6) is 0.0228. The Balaban J connectivity index is 3.66. The number of aliphatic hydroxyl groups is 1. The normalized spacial score (nSPS) is 9.89. The molecule has 0 unspecified atom stereocenters. The van der Waals surface area contributed by atoms with E-state index in [4.69, 9.17) is 5.11 Å². The maximum absolute atomic E-state index is 11.8. The number of carbonyl (C=O) groups excluding carboxylic acids is 2. The first-order valence-corrected chi connectivity index (χ1v) is 6.35. The molecular formula is C13H24N2O3. The molecule has 2 amide bonds. The van der Waals surface area contributed by atoms with Gasteiger partial charge in [0, 0.05) is 33.0 Å². The van der Waals surface area contributed by atoms with Crippen LogP contribution in [0.1, 0.15) is 32.6 Å². The minimum atomic E-state index is -0.0257. The van der Waals surface area contributed by atoms with Crippen molar-refractivity contribution in [1.82, 2.24) is 10.2 Å². The summed E-state index contributed by atoms with van der Waals surface area (Å²) in [7, 11) is 0. The van der Waals surface area contributed by atoms with E-state index in [1.165, 1.54) is 6.92 Å². The molecule has 5 heteroatoms. The lowest BCUT2D eigenvalue weighted by Gasteiger charge is -2.19. The second kappa shape index (κ2) is 10.8. The van der Waals surface area contributed by atoms with Crippen molar-refractivity contribution in [3.8, 4) is 0 Å². The molecule has 0 heterocycles. The van der Waals surface area contributed by atoms with Gasteiger partial charge in [0.25, 0.3) is 0 Å². The number of rotatable bonds is 10. The average molecular weight is 256 g/mol. The summed E-state index contributed by atoms with van der Waals surface area (Å²) in [5, 5.41) is 11.6. The Morgan fingerprint density at radius 2 is 2.06 bits per heavy atom. The van der Waals surface area contributed by atoms with Crippen molar-refractivity contribution >= 4 is 11.8 Å². The van der Waals surface area contributed by atoms with E-state index >= 15 is 0 Å². The molecule has 0 aromatic rings. The molecule has 0 saturated carbocycles. The van der Waals surface area contributed by atoms with Crippen LogP contribution < -0.4 is 5.32 Å². The van der Waals surface area contributed by atoms with Gasteiger partial charge in [0.05, 0.1) is 6.61 Å². The minimum Gasteiger partial charge on any atom is -0.395 e. The Bertz CT molecular complexity index is 267. The van der Waals surface area contributed by atoms with Crippen molar-refractivity contribution in [2.75, 3.05) is 26.2 Å². The third-order valence-corrected chi connectivity index (χ3v) is 2.51. The Morgan fingerprint density at radius 3 is 2.61 bits per heavy atom. The topological polar surface area (TPSA) is 69.6 Å². The number of aliphatic hydroxyl groups excluding tert-OH is 1. The Morgan fingerprint density at radius 1 is 1.33 bits per heavy atom. The fourth-order valence-corrected chi connectivity index (χ4v) is 1.59. The van der Waals surface area contributed by atoms with Gasteiger partial charge in [-0.1, -0.05) is 12.5 Å². The Labute approximate surface area is 109 Å². The highest BCUT2D eigenvalue weighted by Gasteiger charge is 2.10. The van der Waals surface area contributed by atoms with Crippen LogP contribution in [0.4, 0.5) is 0 Å². The summed E-state index contributed by atoms with van der Waals surface area (Å²) in [6, 6.07) is 0. The van der Waals surface area contributed by atoms with E-state index in [0.717, 1.165) is 19.3 Å². The van der Waals surface area contributed by atoms with Crippen molar-refractivity contribution in [3.63, 3.8) is 0 Å². The first-order chi connectivity index (χ1) is 8.61. The number of nitrogens with one attached hydrogen (secondary N) is 1. The van der Waals surface area contributed by atoms with Crippen LogP contribution in [0.3, 0.4) is 0 Å². The predicted molar refractivity (Wildman–Crippen MR) is 71.0 cm³/mol. The molecule has 0 aliphatic heterocycles. The first kappa shape index (κ1) is 16.6. The number of hydrogen-bond donors (Lipinski definition) is 2. The molecule has 104 valence electrons. The number of unbranched alkanes of at least 4 members (excludes halogenated alkanes) is 2. The van der Waals surface area contributed by atoms with Crippen LogP contribution in [0.2, 0.25) is 0 Å². The monoisotopic (exact) mass is 256 g/mol. The molecule has 0 bridgehead atoms. The van der Waals surface area contributed by atoms with Crippen molar-refractivity contribution in [2.24, 2.45) is 0 Å². The molecule has 0 aromatic heterocycles. The summed E-state index contributed by atoms with van der Waals surface area (Å²) in [5.41, 5.74) is 0. The predicted octanol–water partition coefficient (Wildman–Crippen LogP) is 0.690. The van der Waals surface area contributed by atoms with Gasteiger partial charge >= 0.3 is 0 Å². The second-order valence-electron chi connectivity index (χ2n) is 4.15. The zero-order chi connectivity index (χ0) is 13.8. The third kappa shape index (κ3) is 8.75. The van der Waals surface area contributed by atoms with Gasteiger partial charge in [-0.25, -0.2) is 0 Å². The highest BCUT2D eigenvalue weighted by molar-refractivity contribution is 5.76. The van der Waals surface area contributed by atoms with Crippen LogP contribution in [-0.2, 0) is 9.59 Å². The van der Waals surface area contributed by atoms with Gasteiger partial charge in [-0.05, 0) is 12.8 Å². The fraction of sp³-hybridized carbons (Fsp3) is 0.692. The highest BCUT2D eigenvalue weighted by Crippen LogP contribution is 2.03. The summed E-state index contributed by atoms with van der Waals surface area (Å²) in [6.45, 7) is 6.55. The van der Waals surface area contributed by atoms with Crippen LogP contribution >= 0.6 is 0 Å². The Kier molecular flexibility index (Phi) is 9.96. The van der Waals surface area contributed by atoms with Gasteiger partial charge < -0.3 is 15.3 Å².